The van der Waals surface area contributed by atoms with Crippen LogP contribution < -0.4 is 9.47 Å². The summed E-state index contributed by atoms with van der Waals surface area (Å²) in [4.78, 5) is 25.1. The van der Waals surface area contributed by atoms with Crippen LogP contribution in [0, 0.1) is 6.92 Å². The molecule has 0 N–H and O–H groups in total. The number of carbonyl (C=O) groups is 2. The van der Waals surface area contributed by atoms with Crippen molar-refractivity contribution in [3.05, 3.63) is 98.2 Å². The Morgan fingerprint density at radius 3 is 2.45 bits per heavy atom. The molecule has 4 nitrogen and oxygen atoms in total. The van der Waals surface area contributed by atoms with E-state index >= 15 is 0 Å². The normalized spacial score (nSPS) is 13.9. The highest BCUT2D eigenvalue weighted by atomic mass is 79.9. The molecule has 144 valence electrons. The van der Waals surface area contributed by atoms with E-state index in [-0.39, 0.29) is 11.5 Å². The minimum absolute atomic E-state index is 0.198. The van der Waals surface area contributed by atoms with E-state index in [4.69, 9.17) is 21.1 Å². The number of ketones is 1. The van der Waals surface area contributed by atoms with E-state index < -0.39 is 5.97 Å². The zero-order chi connectivity index (χ0) is 20.5. The lowest BCUT2D eigenvalue weighted by molar-refractivity contribution is 0.0734. The molecule has 0 aromatic heterocycles. The zero-order valence-corrected chi connectivity index (χ0v) is 17.6. The van der Waals surface area contributed by atoms with Gasteiger partial charge in [0.1, 0.15) is 11.5 Å². The topological polar surface area (TPSA) is 52.6 Å². The first-order valence-electron chi connectivity index (χ1n) is 8.73. The molecule has 0 saturated carbocycles. The molecule has 0 aliphatic carbocycles. The molecule has 3 aromatic carbocycles. The molecule has 3 aromatic rings. The largest absolute Gasteiger partial charge is 0.452 e. The molecule has 4 rings (SSSR count). The number of rotatable bonds is 3. The van der Waals surface area contributed by atoms with E-state index in [1.54, 1.807) is 49.4 Å². The quantitative estimate of drug-likeness (QED) is 0.259. The van der Waals surface area contributed by atoms with Crippen molar-refractivity contribution in [3.63, 3.8) is 0 Å². The predicted molar refractivity (Wildman–Crippen MR) is 115 cm³/mol. The molecular weight excluding hydrogens is 456 g/mol. The maximum Gasteiger partial charge on any atom is 0.343 e. The third kappa shape index (κ3) is 4.11. The van der Waals surface area contributed by atoms with Gasteiger partial charge in [-0.15, -0.1) is 0 Å². The Hall–Kier alpha value is -2.89. The van der Waals surface area contributed by atoms with Crippen LogP contribution in [0.2, 0.25) is 5.02 Å². The second-order valence-corrected chi connectivity index (χ2v) is 7.85. The maximum atomic E-state index is 12.8. The summed E-state index contributed by atoms with van der Waals surface area (Å²) < 4.78 is 12.2. The molecule has 6 heteroatoms. The SMILES string of the molecule is Cc1cc(OC(=O)c2ccc(Cl)cc2)cc2c1C(=O)/C(=C/c1ccc(Br)cc1)O2. The molecule has 29 heavy (non-hydrogen) atoms. The average Bonchev–Trinajstić information content (AvgIpc) is 3.00. The van der Waals surface area contributed by atoms with Gasteiger partial charge in [0.25, 0.3) is 0 Å². The first kappa shape index (κ1) is 19.4. The van der Waals surface area contributed by atoms with Crippen LogP contribution in [0.5, 0.6) is 11.5 Å². The molecular formula is C23H14BrClO4. The molecule has 0 fully saturated rings. The van der Waals surface area contributed by atoms with Gasteiger partial charge in [-0.05, 0) is 66.6 Å². The van der Waals surface area contributed by atoms with E-state index in [1.165, 1.54) is 0 Å². The number of benzene rings is 3. The monoisotopic (exact) mass is 468 g/mol. The first-order valence-corrected chi connectivity index (χ1v) is 9.90. The highest BCUT2D eigenvalue weighted by Crippen LogP contribution is 2.37. The minimum atomic E-state index is -0.518. The fourth-order valence-corrected chi connectivity index (χ4v) is 3.39. The molecule has 0 amide bonds. The average molecular weight is 470 g/mol. The van der Waals surface area contributed by atoms with Crippen LogP contribution >= 0.6 is 27.5 Å². The molecule has 1 aliphatic heterocycles. The maximum absolute atomic E-state index is 12.8. The van der Waals surface area contributed by atoms with Crippen molar-refractivity contribution in [1.82, 2.24) is 0 Å². The fourth-order valence-electron chi connectivity index (χ4n) is 3.00. The van der Waals surface area contributed by atoms with E-state index in [1.807, 2.05) is 24.3 Å². The second-order valence-electron chi connectivity index (χ2n) is 6.50. The van der Waals surface area contributed by atoms with Crippen LogP contribution in [0.3, 0.4) is 0 Å². The van der Waals surface area contributed by atoms with Gasteiger partial charge >= 0.3 is 5.97 Å². The van der Waals surface area contributed by atoms with Gasteiger partial charge in [0.05, 0.1) is 11.1 Å². The highest BCUT2D eigenvalue weighted by Gasteiger charge is 2.30. The van der Waals surface area contributed by atoms with Crippen molar-refractivity contribution < 1.29 is 19.1 Å². The molecule has 0 radical (unpaired) electrons. The number of Topliss-reactive ketones (excluding diaryl/α,β-unsaturated/α-hetero) is 1. The van der Waals surface area contributed by atoms with Gasteiger partial charge in [0.15, 0.2) is 5.76 Å². The molecule has 0 bridgehead atoms. The first-order chi connectivity index (χ1) is 13.9. The van der Waals surface area contributed by atoms with Gasteiger partial charge in [0, 0.05) is 15.6 Å². The summed E-state index contributed by atoms with van der Waals surface area (Å²) >= 11 is 9.23. The number of hydrogen-bond donors (Lipinski definition) is 0. The number of esters is 1. The lowest BCUT2D eigenvalue weighted by Crippen LogP contribution is -2.08. The van der Waals surface area contributed by atoms with Crippen LogP contribution in [0.4, 0.5) is 0 Å². The standard InChI is InChI=1S/C23H14BrClO4/c1-13-10-18(28-23(27)15-4-8-17(25)9-5-15)12-19-21(13)22(26)20(29-19)11-14-2-6-16(24)7-3-14/h2-12H,1H3/b20-11-. The fraction of sp³-hybridized carbons (Fsp3) is 0.0435. The number of allylic oxidation sites excluding steroid dienone is 1. The molecule has 0 saturated heterocycles. The molecule has 0 unspecified atom stereocenters. The van der Waals surface area contributed by atoms with Gasteiger partial charge in [-0.1, -0.05) is 39.7 Å². The summed E-state index contributed by atoms with van der Waals surface area (Å²) in [6.07, 6.45) is 1.69. The van der Waals surface area contributed by atoms with Crippen LogP contribution in [0.25, 0.3) is 6.08 Å². The summed E-state index contributed by atoms with van der Waals surface area (Å²) in [5, 5.41) is 0.534. The highest BCUT2D eigenvalue weighted by molar-refractivity contribution is 9.10. The van der Waals surface area contributed by atoms with Gasteiger partial charge in [-0.2, -0.15) is 0 Å². The van der Waals surface area contributed by atoms with Crippen molar-refractivity contribution in [2.24, 2.45) is 0 Å². The van der Waals surface area contributed by atoms with Crippen molar-refractivity contribution in [1.29, 1.82) is 0 Å². The lowest BCUT2D eigenvalue weighted by Gasteiger charge is -2.08. The number of ether oxygens (including phenoxy) is 2. The summed E-state index contributed by atoms with van der Waals surface area (Å²) in [6, 6.07) is 17.1. The van der Waals surface area contributed by atoms with E-state index in [0.717, 1.165) is 10.0 Å². The molecule has 1 heterocycles. The van der Waals surface area contributed by atoms with E-state index in [9.17, 15) is 9.59 Å². The Bertz CT molecular complexity index is 1150. The summed E-state index contributed by atoms with van der Waals surface area (Å²) in [7, 11) is 0. The van der Waals surface area contributed by atoms with Crippen molar-refractivity contribution in [3.8, 4) is 11.5 Å². The third-order valence-corrected chi connectivity index (χ3v) is 5.18. The number of halogens is 2. The number of hydrogen-bond acceptors (Lipinski definition) is 4. The Morgan fingerprint density at radius 1 is 1.07 bits per heavy atom. The van der Waals surface area contributed by atoms with Gasteiger partial charge < -0.3 is 9.47 Å². The van der Waals surface area contributed by atoms with Gasteiger partial charge in [-0.3, -0.25) is 4.79 Å². The number of aryl methyl sites for hydroxylation is 1. The minimum Gasteiger partial charge on any atom is -0.452 e. The van der Waals surface area contributed by atoms with Crippen molar-refractivity contribution in [2.45, 2.75) is 6.92 Å². The Labute approximate surface area is 180 Å². The molecule has 0 atom stereocenters. The lowest BCUT2D eigenvalue weighted by atomic mass is 10.0. The van der Waals surface area contributed by atoms with Crippen LogP contribution in [-0.2, 0) is 0 Å². The smallest absolute Gasteiger partial charge is 0.343 e. The summed E-state index contributed by atoms with van der Waals surface area (Å²) in [5.74, 6) is 0.190. The van der Waals surface area contributed by atoms with E-state index in [0.29, 0.717) is 33.2 Å². The summed E-state index contributed by atoms with van der Waals surface area (Å²) in [6.45, 7) is 1.78. The number of fused-ring (bicyclic) bond motifs is 1. The Balaban J connectivity index is 1.59. The Kier molecular flexibility index (Phi) is 5.26. The predicted octanol–water partition coefficient (Wildman–Crippen LogP) is 6.25. The number of carbonyl (C=O) groups excluding carboxylic acids is 2. The van der Waals surface area contributed by atoms with Crippen LogP contribution in [0.1, 0.15) is 31.8 Å². The second kappa shape index (κ2) is 7.85. The summed E-state index contributed by atoms with van der Waals surface area (Å²) in [5.41, 5.74) is 2.36. The Morgan fingerprint density at radius 2 is 1.76 bits per heavy atom. The van der Waals surface area contributed by atoms with E-state index in [2.05, 4.69) is 15.9 Å². The zero-order valence-electron chi connectivity index (χ0n) is 15.2. The van der Waals surface area contributed by atoms with Crippen molar-refractivity contribution in [2.75, 3.05) is 0 Å². The van der Waals surface area contributed by atoms with Gasteiger partial charge in [-0.25, -0.2) is 4.79 Å². The van der Waals surface area contributed by atoms with Crippen molar-refractivity contribution >= 4 is 45.4 Å². The molecule has 0 spiro atoms. The van der Waals surface area contributed by atoms with Gasteiger partial charge in [0.2, 0.25) is 5.78 Å². The van der Waals surface area contributed by atoms with Crippen LogP contribution in [-0.4, -0.2) is 11.8 Å². The molecule has 1 aliphatic rings. The third-order valence-electron chi connectivity index (χ3n) is 4.40. The van der Waals surface area contributed by atoms with Crippen LogP contribution in [0.15, 0.2) is 70.9 Å².